The molecule has 2 N–H and O–H groups in total. The van der Waals surface area contributed by atoms with E-state index in [1.165, 1.54) is 18.3 Å². The molecule has 0 spiro atoms. The molecule has 1 aromatic carbocycles. The van der Waals surface area contributed by atoms with Crippen molar-refractivity contribution in [1.82, 2.24) is 9.97 Å². The Labute approximate surface area is 154 Å². The van der Waals surface area contributed by atoms with E-state index in [-0.39, 0.29) is 11.3 Å². The first-order chi connectivity index (χ1) is 12.0. The lowest BCUT2D eigenvalue weighted by atomic mass is 10.0. The molecule has 3 aromatic rings. The Morgan fingerprint density at radius 1 is 1.40 bits per heavy atom. The van der Waals surface area contributed by atoms with Gasteiger partial charge in [0, 0.05) is 33.6 Å². The van der Waals surface area contributed by atoms with E-state index < -0.39 is 22.6 Å². The standard InChI is InChI=1S/C17H15BrFN3O2S/c1-2-6-25(24)22-14-5-3-4-11(15(14)19)16(23)13-9-21-17-12(13)7-10(18)8-20-17/h3-5,7-9,22H,2,6H2,1H3,(H,20,21). The van der Waals surface area contributed by atoms with Crippen molar-refractivity contribution in [2.45, 2.75) is 13.3 Å². The van der Waals surface area contributed by atoms with Gasteiger partial charge in [0.1, 0.15) is 16.6 Å². The number of rotatable bonds is 6. The fourth-order valence-electron chi connectivity index (χ4n) is 2.46. The number of aromatic nitrogens is 2. The molecule has 0 radical (unpaired) electrons. The van der Waals surface area contributed by atoms with E-state index in [1.54, 1.807) is 18.3 Å². The number of nitrogens with zero attached hydrogens (tertiary/aromatic N) is 1. The van der Waals surface area contributed by atoms with Crippen LogP contribution in [0, 0.1) is 5.82 Å². The maximum atomic E-state index is 14.7. The largest absolute Gasteiger partial charge is 0.345 e. The van der Waals surface area contributed by atoms with Crippen LogP contribution >= 0.6 is 15.9 Å². The predicted molar refractivity (Wildman–Crippen MR) is 101 cm³/mol. The van der Waals surface area contributed by atoms with Gasteiger partial charge in [0.2, 0.25) is 0 Å². The van der Waals surface area contributed by atoms with Crippen molar-refractivity contribution >= 4 is 49.4 Å². The molecule has 2 heterocycles. The van der Waals surface area contributed by atoms with Gasteiger partial charge >= 0.3 is 0 Å². The first-order valence-corrected chi connectivity index (χ1v) is 9.73. The monoisotopic (exact) mass is 423 g/mol. The molecule has 8 heteroatoms. The maximum absolute atomic E-state index is 14.7. The van der Waals surface area contributed by atoms with Gasteiger partial charge in [0.05, 0.1) is 11.3 Å². The third-order valence-corrected chi connectivity index (χ3v) is 5.26. The van der Waals surface area contributed by atoms with Crippen molar-refractivity contribution in [2.75, 3.05) is 10.5 Å². The molecule has 1 unspecified atom stereocenters. The third-order valence-electron chi connectivity index (χ3n) is 3.60. The van der Waals surface area contributed by atoms with E-state index in [4.69, 9.17) is 0 Å². The van der Waals surface area contributed by atoms with Gasteiger partial charge in [-0.3, -0.25) is 4.79 Å². The number of nitrogens with one attached hydrogen (secondary N) is 2. The number of carbonyl (C=O) groups is 1. The predicted octanol–water partition coefficient (Wildman–Crippen LogP) is 4.18. The molecule has 2 aromatic heterocycles. The Balaban J connectivity index is 1.99. The summed E-state index contributed by atoms with van der Waals surface area (Å²) in [7, 11) is -1.39. The number of ketones is 1. The van der Waals surface area contributed by atoms with Crippen molar-refractivity contribution in [1.29, 1.82) is 0 Å². The average Bonchev–Trinajstić information content (AvgIpc) is 2.99. The van der Waals surface area contributed by atoms with Crippen LogP contribution in [0.15, 0.2) is 41.1 Å². The van der Waals surface area contributed by atoms with Crippen LogP contribution in [0.5, 0.6) is 0 Å². The lowest BCUT2D eigenvalue weighted by molar-refractivity contribution is 0.103. The summed E-state index contributed by atoms with van der Waals surface area (Å²) in [5.74, 6) is -0.775. The number of pyridine rings is 1. The number of H-pyrrole nitrogens is 1. The van der Waals surface area contributed by atoms with Crippen LogP contribution in [0.4, 0.5) is 10.1 Å². The zero-order valence-corrected chi connectivity index (χ0v) is 15.7. The van der Waals surface area contributed by atoms with Gasteiger partial charge in [-0.05, 0) is 40.5 Å². The van der Waals surface area contributed by atoms with E-state index in [0.717, 1.165) is 4.47 Å². The van der Waals surface area contributed by atoms with Crippen LogP contribution in [-0.4, -0.2) is 25.7 Å². The van der Waals surface area contributed by atoms with Crippen LogP contribution in [0.2, 0.25) is 0 Å². The Morgan fingerprint density at radius 3 is 2.96 bits per heavy atom. The lowest BCUT2D eigenvalue weighted by Gasteiger charge is -2.09. The van der Waals surface area contributed by atoms with E-state index in [9.17, 15) is 13.4 Å². The zero-order chi connectivity index (χ0) is 18.0. The quantitative estimate of drug-likeness (QED) is 0.583. The molecule has 130 valence electrons. The van der Waals surface area contributed by atoms with Gasteiger partial charge in [0.15, 0.2) is 11.6 Å². The third kappa shape index (κ3) is 3.64. The Hall–Kier alpha value is -2.06. The summed E-state index contributed by atoms with van der Waals surface area (Å²) >= 11 is 3.32. The van der Waals surface area contributed by atoms with Gasteiger partial charge < -0.3 is 9.71 Å². The van der Waals surface area contributed by atoms with Crippen molar-refractivity contribution in [2.24, 2.45) is 0 Å². The van der Waals surface area contributed by atoms with Crippen LogP contribution < -0.4 is 4.72 Å². The summed E-state index contributed by atoms with van der Waals surface area (Å²) in [4.78, 5) is 19.9. The molecule has 0 saturated heterocycles. The normalized spacial score (nSPS) is 12.3. The molecule has 1 atom stereocenters. The van der Waals surface area contributed by atoms with Gasteiger partial charge in [-0.25, -0.2) is 13.6 Å². The summed E-state index contributed by atoms with van der Waals surface area (Å²) in [5, 5.41) is 0.603. The SMILES string of the molecule is CCCS(=O)Nc1cccc(C(=O)c2c[nH]c3ncc(Br)cc23)c1F. The van der Waals surface area contributed by atoms with Crippen LogP contribution in [0.25, 0.3) is 11.0 Å². The Kier molecular flexibility index (Phi) is 5.29. The highest BCUT2D eigenvalue weighted by atomic mass is 79.9. The van der Waals surface area contributed by atoms with E-state index in [0.29, 0.717) is 28.8 Å². The molecular formula is C17H15BrFN3O2S. The second kappa shape index (κ2) is 7.45. The minimum Gasteiger partial charge on any atom is -0.345 e. The number of fused-ring (bicyclic) bond motifs is 1. The molecular weight excluding hydrogens is 409 g/mol. The number of halogens is 2. The number of hydrogen-bond acceptors (Lipinski definition) is 3. The van der Waals surface area contributed by atoms with Crippen molar-refractivity contribution < 1.29 is 13.4 Å². The fraction of sp³-hybridized carbons (Fsp3) is 0.176. The first-order valence-electron chi connectivity index (χ1n) is 7.62. The van der Waals surface area contributed by atoms with Crippen molar-refractivity contribution in [3.63, 3.8) is 0 Å². The zero-order valence-electron chi connectivity index (χ0n) is 13.3. The molecule has 3 rings (SSSR count). The van der Waals surface area contributed by atoms with E-state index >= 15 is 0 Å². The fourth-order valence-corrected chi connectivity index (χ4v) is 3.66. The van der Waals surface area contributed by atoms with Gasteiger partial charge in [-0.1, -0.05) is 13.0 Å². The molecule has 0 aliphatic heterocycles. The molecule has 0 aliphatic carbocycles. The Morgan fingerprint density at radius 2 is 2.20 bits per heavy atom. The molecule has 0 saturated carbocycles. The van der Waals surface area contributed by atoms with Crippen LogP contribution in [-0.2, 0) is 11.0 Å². The lowest BCUT2D eigenvalue weighted by Crippen LogP contribution is -2.11. The second-order valence-electron chi connectivity index (χ2n) is 5.40. The number of benzene rings is 1. The molecule has 0 bridgehead atoms. The summed E-state index contributed by atoms with van der Waals surface area (Å²) in [5.41, 5.74) is 0.843. The molecule has 25 heavy (non-hydrogen) atoms. The summed E-state index contributed by atoms with van der Waals surface area (Å²) < 4.78 is 29.9. The number of anilines is 1. The van der Waals surface area contributed by atoms with Gasteiger partial charge in [0.25, 0.3) is 0 Å². The van der Waals surface area contributed by atoms with Gasteiger partial charge in [-0.2, -0.15) is 0 Å². The van der Waals surface area contributed by atoms with Crippen LogP contribution in [0.3, 0.4) is 0 Å². The molecule has 0 amide bonds. The smallest absolute Gasteiger partial charge is 0.198 e. The number of aromatic amines is 1. The number of hydrogen-bond donors (Lipinski definition) is 2. The second-order valence-corrected chi connectivity index (χ2v) is 7.62. The highest BCUT2D eigenvalue weighted by molar-refractivity contribution is 9.10. The molecule has 0 fully saturated rings. The van der Waals surface area contributed by atoms with E-state index in [1.807, 2.05) is 6.92 Å². The highest BCUT2D eigenvalue weighted by Gasteiger charge is 2.20. The topological polar surface area (TPSA) is 74.8 Å². The van der Waals surface area contributed by atoms with Crippen molar-refractivity contribution in [3.05, 3.63) is 58.1 Å². The van der Waals surface area contributed by atoms with Crippen LogP contribution in [0.1, 0.15) is 29.3 Å². The van der Waals surface area contributed by atoms with E-state index in [2.05, 4.69) is 30.6 Å². The summed E-state index contributed by atoms with van der Waals surface area (Å²) in [6, 6.07) is 6.19. The minimum absolute atomic E-state index is 0.0526. The minimum atomic E-state index is -1.39. The average molecular weight is 424 g/mol. The number of carbonyl (C=O) groups excluding carboxylic acids is 1. The molecule has 5 nitrogen and oxygen atoms in total. The Bertz CT molecular complexity index is 974. The summed E-state index contributed by atoms with van der Waals surface area (Å²) in [6.45, 7) is 1.89. The summed E-state index contributed by atoms with van der Waals surface area (Å²) in [6.07, 6.45) is 3.83. The van der Waals surface area contributed by atoms with Crippen molar-refractivity contribution in [3.8, 4) is 0 Å². The highest BCUT2D eigenvalue weighted by Crippen LogP contribution is 2.26. The molecule has 0 aliphatic rings. The first kappa shape index (κ1) is 17.8. The van der Waals surface area contributed by atoms with Gasteiger partial charge in [-0.15, -0.1) is 0 Å². The maximum Gasteiger partial charge on any atom is 0.198 e.